The summed E-state index contributed by atoms with van der Waals surface area (Å²) in [5.74, 6) is -4.93. The summed E-state index contributed by atoms with van der Waals surface area (Å²) in [5.41, 5.74) is 1.89. The molecule has 4 aliphatic rings. The molecule has 0 bridgehead atoms. The number of anilines is 2. The van der Waals surface area contributed by atoms with E-state index in [1.165, 1.54) is 29.2 Å². The summed E-state index contributed by atoms with van der Waals surface area (Å²) in [5, 5.41) is 16.9. The van der Waals surface area contributed by atoms with Crippen LogP contribution in [-0.4, -0.2) is 196 Å². The van der Waals surface area contributed by atoms with E-state index in [-0.39, 0.29) is 111 Å². The van der Waals surface area contributed by atoms with Crippen molar-refractivity contribution in [3.05, 3.63) is 202 Å². The van der Waals surface area contributed by atoms with Crippen LogP contribution in [0.25, 0.3) is 21.5 Å². The molecule has 42 heteroatoms. The maximum absolute atomic E-state index is 13.8. The van der Waals surface area contributed by atoms with Crippen molar-refractivity contribution in [1.29, 1.82) is 0 Å². The van der Waals surface area contributed by atoms with Gasteiger partial charge in [0.25, 0.3) is 86.9 Å². The number of benzene rings is 7. The van der Waals surface area contributed by atoms with Gasteiger partial charge >= 0.3 is 5.97 Å². The Kier molecular flexibility index (Phi) is 26.7. The summed E-state index contributed by atoms with van der Waals surface area (Å²) in [6.07, 6.45) is 10.7. The zero-order valence-corrected chi connectivity index (χ0v) is 74.2. The summed E-state index contributed by atoms with van der Waals surface area (Å²) >= 11 is 0. The summed E-state index contributed by atoms with van der Waals surface area (Å²) < 4.78 is 282. The molecule has 7 aromatic carbocycles. The molecule has 4 heterocycles. The molecular weight excluding hydrogens is 1760 g/mol. The van der Waals surface area contributed by atoms with E-state index < -0.39 is 163 Å². The lowest BCUT2D eigenvalue weighted by molar-refractivity contribution is -0.438. The van der Waals surface area contributed by atoms with Crippen molar-refractivity contribution in [3.8, 4) is 0 Å². The number of carboxylic acid groups (broad SMARTS) is 1. The molecule has 0 fully saturated rings. The highest BCUT2D eigenvalue weighted by molar-refractivity contribution is 7.87. The third-order valence-corrected chi connectivity index (χ3v) is 29.4. The van der Waals surface area contributed by atoms with Gasteiger partial charge in [-0.05, 0) is 185 Å². The van der Waals surface area contributed by atoms with Crippen LogP contribution in [0.15, 0.2) is 177 Å². The largest absolute Gasteiger partial charge is 0.478 e. The summed E-state index contributed by atoms with van der Waals surface area (Å²) in [6, 6.07) is 25.9. The van der Waals surface area contributed by atoms with Gasteiger partial charge in [-0.25, -0.2) is 4.79 Å². The molecule has 0 radical (unpaired) electrons. The van der Waals surface area contributed by atoms with E-state index in [2.05, 4.69) is 10.6 Å². The van der Waals surface area contributed by atoms with E-state index in [1.807, 2.05) is 29.1 Å². The van der Waals surface area contributed by atoms with Crippen LogP contribution in [-0.2, 0) is 120 Å². The van der Waals surface area contributed by atoms with Gasteiger partial charge in [0.2, 0.25) is 17.3 Å². The number of hydrogen-bond acceptors (Lipinski definition) is 21. The number of carbonyl (C=O) groups excluding carboxylic acids is 2. The molecule has 11 N–H and O–H groups in total. The number of hydrogen-bond donors (Lipinski definition) is 11. The molecule has 0 aliphatic carbocycles. The molecular formula is C81H94N6O28S8+2. The number of carboxylic acids is 1. The van der Waals surface area contributed by atoms with Gasteiger partial charge in [0.1, 0.15) is 18.0 Å². The normalized spacial score (nSPS) is 17.9. The molecule has 0 saturated carbocycles. The first-order chi connectivity index (χ1) is 56.8. The molecule has 0 saturated heterocycles. The number of amides is 2. The van der Waals surface area contributed by atoms with Gasteiger partial charge in [0.05, 0.1) is 54.1 Å². The van der Waals surface area contributed by atoms with Crippen LogP contribution in [0.5, 0.6) is 0 Å². The van der Waals surface area contributed by atoms with Gasteiger partial charge in [0, 0.05) is 131 Å². The SMILES string of the molecule is CC1(C)C(/C=C/C=C2/N(CCCS(=O)(=O)O)c3cc(S(=O)(=O)O)cc(C(=O)O)c3C2(C)C)=[N+](CCCS(=O)(=O)O)c2ccc(CNC(=O)c3ccc(CNC(=O)CCCCC[N+]4=C(C=CC=C5N(CCCS(=O)(=O)O)c6ccc7ccc(S(=O)(=O)O)cc7c6C5(C)CCCS(=O)(=O)O)C(C)(C)c5c4ccc4c(S(=O)(=O)O)cc(S(=O)(=O)O)cc54)cc3)cc21. The Bertz CT molecular complexity index is 6740. The second kappa shape index (κ2) is 34.9. The number of unbranched alkanes of at least 4 members (excludes halogenated alkanes) is 2. The topological polar surface area (TPSA) is 543 Å². The van der Waals surface area contributed by atoms with E-state index in [1.54, 1.807) is 131 Å². The van der Waals surface area contributed by atoms with Gasteiger partial charge in [-0.2, -0.15) is 76.5 Å². The summed E-state index contributed by atoms with van der Waals surface area (Å²) in [4.78, 5) is 40.4. The third-order valence-electron chi connectivity index (χ3n) is 22.8. The first kappa shape index (κ1) is 94.3. The number of nitrogens with zero attached hydrogens (tertiary/aromatic N) is 4. The van der Waals surface area contributed by atoms with Crippen LogP contribution in [0.4, 0.5) is 22.7 Å². The smallest absolute Gasteiger partial charge is 0.336 e. The zero-order valence-electron chi connectivity index (χ0n) is 67.6. The van der Waals surface area contributed by atoms with Crippen LogP contribution in [0.3, 0.4) is 0 Å². The molecule has 7 aromatic rings. The van der Waals surface area contributed by atoms with E-state index in [4.69, 9.17) is 0 Å². The number of rotatable bonds is 36. The van der Waals surface area contributed by atoms with Crippen molar-refractivity contribution < 1.29 is 132 Å². The maximum atomic E-state index is 13.8. The predicted octanol–water partition coefficient (Wildman–Crippen LogP) is 10.2. The second-order valence-corrected chi connectivity index (χ2v) is 44.4. The fourth-order valence-corrected chi connectivity index (χ4v) is 21.5. The first-order valence-corrected chi connectivity index (χ1v) is 50.7. The van der Waals surface area contributed by atoms with Gasteiger partial charge in [-0.15, -0.1) is 0 Å². The fourth-order valence-electron chi connectivity index (χ4n) is 17.2. The number of aromatic carboxylic acids is 1. The van der Waals surface area contributed by atoms with Gasteiger partial charge in [0.15, 0.2) is 11.4 Å². The van der Waals surface area contributed by atoms with Crippen molar-refractivity contribution in [2.75, 3.05) is 59.0 Å². The minimum Gasteiger partial charge on any atom is -0.478 e. The van der Waals surface area contributed by atoms with Crippen LogP contribution in [0.2, 0.25) is 0 Å². The van der Waals surface area contributed by atoms with E-state index in [0.29, 0.717) is 98.2 Å². The third kappa shape index (κ3) is 21.1. The quantitative estimate of drug-likeness (QED) is 0.00987. The monoisotopic (exact) mass is 1850 g/mol. The van der Waals surface area contributed by atoms with E-state index in [9.17, 15) is 123 Å². The summed E-state index contributed by atoms with van der Waals surface area (Å²) in [7, 11) is -38.0. The molecule has 0 spiro atoms. The highest BCUT2D eigenvalue weighted by Gasteiger charge is 2.50. The lowest BCUT2D eigenvalue weighted by Gasteiger charge is -2.31. The van der Waals surface area contributed by atoms with Crippen LogP contribution in [0.1, 0.15) is 160 Å². The molecule has 4 aliphatic heterocycles. The Balaban J connectivity index is 0.793. The highest BCUT2D eigenvalue weighted by Crippen LogP contribution is 2.55. The Morgan fingerprint density at radius 2 is 0.943 bits per heavy atom. The Morgan fingerprint density at radius 3 is 1.53 bits per heavy atom. The Labute approximate surface area is 713 Å². The number of carbonyl (C=O) groups is 3. The van der Waals surface area contributed by atoms with Crippen molar-refractivity contribution in [2.24, 2.45) is 0 Å². The lowest BCUT2D eigenvalue weighted by Crippen LogP contribution is -2.31. The highest BCUT2D eigenvalue weighted by atomic mass is 32.2. The van der Waals surface area contributed by atoms with Crippen molar-refractivity contribution in [1.82, 2.24) is 10.6 Å². The predicted molar refractivity (Wildman–Crippen MR) is 459 cm³/mol. The maximum Gasteiger partial charge on any atom is 0.336 e. The summed E-state index contributed by atoms with van der Waals surface area (Å²) in [6.45, 7) is 12.6. The fraction of sp³-hybridized carbons (Fsp3) is 0.370. The molecule has 11 rings (SSSR count). The standard InChI is InChI=1S/C81H92N6O28S8/c1-78(2)62-43-52(24-31-63(62)84(36-14-40-117(95,96)97)68(78)17-11-18-70-80(5,6)74-61(77(90)91)46-56(121(107,108)109)47-66(74)87(70)38-16-42-119(101,102)103)50-83-76(89)54-25-22-51(23-26-54)49-82-72(88)21-9-8-10-35-85-64-33-30-58-60(45-57(122(110,111)112)48-67(58)123(113,114)115)73(64)79(3,4)69(85)19-12-20-71-81(7,34-13-39-116(92,93)94)75-59-44-55(120(104,105)106)29-27-53(59)28-32-65(75)86(71)37-15-41-118(98,99)100/h11-12,17-20,22-33,43-48H,8-10,13-16,21,34-42,49-50H2,1-7H3,(H9-2,82,83,88,89,90,91,92,93,94,95,96,97,98,99,100,101,102,103,104,105,106,107,108,109,110,111,112,113,114,115)/p+2. The van der Waals surface area contributed by atoms with Gasteiger partial charge < -0.3 is 25.5 Å². The molecule has 0 aromatic heterocycles. The van der Waals surface area contributed by atoms with E-state index in [0.717, 1.165) is 23.8 Å². The molecule has 2 amide bonds. The molecule has 1 unspecified atom stereocenters. The molecule has 34 nitrogen and oxygen atoms in total. The van der Waals surface area contributed by atoms with Crippen LogP contribution >= 0.6 is 0 Å². The minimum absolute atomic E-state index is 0.0209. The lowest BCUT2D eigenvalue weighted by atomic mass is 9.75. The van der Waals surface area contributed by atoms with Crippen molar-refractivity contribution in [3.63, 3.8) is 0 Å². The number of fused-ring (bicyclic) bond motifs is 8. The average Bonchev–Trinajstić information content (AvgIpc) is 1.59. The number of nitrogens with one attached hydrogen (secondary N) is 2. The van der Waals surface area contributed by atoms with Gasteiger partial charge in [-0.3, -0.25) is 46.0 Å². The Hall–Kier alpha value is -9.35. The van der Waals surface area contributed by atoms with Crippen LogP contribution in [0, 0.1) is 0 Å². The van der Waals surface area contributed by atoms with Crippen LogP contribution < -0.4 is 20.4 Å². The van der Waals surface area contributed by atoms with E-state index >= 15 is 0 Å². The first-order valence-electron chi connectivity index (χ1n) is 38.5. The number of allylic oxidation sites excluding steroid dienone is 8. The van der Waals surface area contributed by atoms with Crippen molar-refractivity contribution in [2.45, 2.75) is 161 Å². The second-order valence-electron chi connectivity index (χ2n) is 32.4. The Morgan fingerprint density at radius 1 is 0.431 bits per heavy atom. The average molecular weight is 1860 g/mol. The minimum atomic E-state index is -5.15. The molecule has 123 heavy (non-hydrogen) atoms. The molecule has 662 valence electrons. The molecule has 1 atom stereocenters. The van der Waals surface area contributed by atoms with Crippen molar-refractivity contribution >= 4 is 154 Å². The zero-order chi connectivity index (χ0) is 90.7. The van der Waals surface area contributed by atoms with Gasteiger partial charge in [-0.1, -0.05) is 56.3 Å².